The molecule has 2 rings (SSSR count). The van der Waals surface area contributed by atoms with Gasteiger partial charge >= 0.3 is 0 Å². The fourth-order valence-corrected chi connectivity index (χ4v) is 1.32. The predicted octanol–water partition coefficient (Wildman–Crippen LogP) is 3.23. The van der Waals surface area contributed by atoms with Crippen LogP contribution in [0, 0.1) is 11.3 Å². The van der Waals surface area contributed by atoms with Gasteiger partial charge in [0.15, 0.2) is 0 Å². The Morgan fingerprint density at radius 3 is 2.07 bits per heavy atom. The molecule has 0 heterocycles. The maximum absolute atomic E-state index is 8.66. The lowest BCUT2D eigenvalue weighted by atomic mass is 10.0. The van der Waals surface area contributed by atoms with Crippen molar-refractivity contribution in [3.8, 4) is 17.2 Å². The first kappa shape index (κ1) is 7.34. The van der Waals surface area contributed by atoms with Gasteiger partial charge < -0.3 is 0 Å². The Labute approximate surface area is 84.7 Å². The minimum absolute atomic E-state index is 0.507. The van der Waals surface area contributed by atoms with Crippen molar-refractivity contribution in [2.45, 2.75) is 0 Å². The number of nitrogens with zero attached hydrogens (tertiary/aromatic N) is 1. The third kappa shape index (κ3) is 1.65. The zero-order chi connectivity index (χ0) is 10.7. The molecular formula is C13H9N. The zero-order valence-corrected chi connectivity index (χ0v) is 7.57. The smallest absolute Gasteiger partial charge is 0.0991 e. The fourth-order valence-electron chi connectivity index (χ4n) is 1.32. The van der Waals surface area contributed by atoms with E-state index in [4.69, 9.17) is 6.63 Å². The summed E-state index contributed by atoms with van der Waals surface area (Å²) in [7, 11) is 0. The van der Waals surface area contributed by atoms with Crippen LogP contribution in [0.25, 0.3) is 11.1 Å². The highest BCUT2D eigenvalue weighted by molar-refractivity contribution is 5.63. The third-order valence-corrected chi connectivity index (χ3v) is 2.07. The normalized spacial score (nSPS) is 10.4. The standard InChI is InChI=1S/C13H9N/c14-10-11-6-8-13(9-7-11)12-4-2-1-3-5-12/h1-9H/i1D. The molecule has 0 aliphatic rings. The number of hydrogen-bond donors (Lipinski definition) is 0. The van der Waals surface area contributed by atoms with Gasteiger partial charge in [0.1, 0.15) is 0 Å². The lowest BCUT2D eigenvalue weighted by Gasteiger charge is -1.99. The first-order valence-corrected chi connectivity index (χ1v) is 4.37. The van der Waals surface area contributed by atoms with Crippen LogP contribution in [0.3, 0.4) is 0 Å². The van der Waals surface area contributed by atoms with E-state index in [1.54, 1.807) is 24.3 Å². The fraction of sp³-hybridized carbons (Fsp3) is 0. The van der Waals surface area contributed by atoms with Crippen LogP contribution in [-0.2, 0) is 0 Å². The first-order chi connectivity index (χ1) is 7.29. The van der Waals surface area contributed by atoms with E-state index in [0.717, 1.165) is 11.1 Å². The molecule has 0 atom stereocenters. The van der Waals surface area contributed by atoms with E-state index >= 15 is 0 Å². The topological polar surface area (TPSA) is 23.8 Å². The highest BCUT2D eigenvalue weighted by Gasteiger charge is 1.95. The second-order valence-corrected chi connectivity index (χ2v) is 2.98. The van der Waals surface area contributed by atoms with Gasteiger partial charge in [-0.25, -0.2) is 0 Å². The van der Waals surface area contributed by atoms with Crippen LogP contribution in [0.15, 0.2) is 54.6 Å². The minimum atomic E-state index is 0.507. The van der Waals surface area contributed by atoms with Crippen LogP contribution < -0.4 is 0 Å². The molecule has 2 aromatic rings. The first-order valence-electron chi connectivity index (χ1n) is 4.87. The van der Waals surface area contributed by atoms with Gasteiger partial charge in [-0.2, -0.15) is 5.26 Å². The summed E-state index contributed by atoms with van der Waals surface area (Å²) in [6, 6.07) is 17.3. The van der Waals surface area contributed by atoms with Crippen molar-refractivity contribution in [2.75, 3.05) is 0 Å². The van der Waals surface area contributed by atoms with E-state index in [1.165, 1.54) is 0 Å². The molecule has 1 heteroatoms. The summed E-state index contributed by atoms with van der Waals surface area (Å²) in [5, 5.41) is 8.66. The van der Waals surface area contributed by atoms with Crippen LogP contribution in [-0.4, -0.2) is 0 Å². The Balaban J connectivity index is 2.38. The summed E-state index contributed by atoms with van der Waals surface area (Å²) in [6.07, 6.45) is 0. The van der Waals surface area contributed by atoms with Crippen LogP contribution >= 0.6 is 0 Å². The summed E-state index contributed by atoms with van der Waals surface area (Å²) in [6.45, 7) is 0. The van der Waals surface area contributed by atoms with Gasteiger partial charge in [-0.15, -0.1) is 0 Å². The molecule has 0 aliphatic carbocycles. The summed E-state index contributed by atoms with van der Waals surface area (Å²) < 4.78 is 7.38. The number of hydrogen-bond acceptors (Lipinski definition) is 1. The minimum Gasteiger partial charge on any atom is -0.192 e. The van der Waals surface area contributed by atoms with Crippen LogP contribution in [0.2, 0.25) is 0 Å². The van der Waals surface area contributed by atoms with Crippen LogP contribution in [0.5, 0.6) is 0 Å². The Kier molecular flexibility index (Phi) is 1.97. The van der Waals surface area contributed by atoms with E-state index in [2.05, 4.69) is 6.07 Å². The zero-order valence-electron chi connectivity index (χ0n) is 8.57. The molecule has 66 valence electrons. The Morgan fingerprint density at radius 1 is 0.929 bits per heavy atom. The second kappa shape index (κ2) is 3.76. The van der Waals surface area contributed by atoms with E-state index < -0.39 is 0 Å². The Bertz CT molecular complexity index is 492. The number of benzene rings is 2. The van der Waals surface area contributed by atoms with Crippen LogP contribution in [0.1, 0.15) is 6.93 Å². The Hall–Kier alpha value is -2.07. The average molecular weight is 180 g/mol. The molecule has 0 saturated carbocycles. The van der Waals surface area contributed by atoms with Crippen molar-refractivity contribution in [2.24, 2.45) is 0 Å². The van der Waals surface area contributed by atoms with Gasteiger partial charge in [0, 0.05) is 0 Å². The van der Waals surface area contributed by atoms with Gasteiger partial charge in [0.25, 0.3) is 0 Å². The van der Waals surface area contributed by atoms with Crippen LogP contribution in [0.4, 0.5) is 0 Å². The van der Waals surface area contributed by atoms with E-state index in [-0.39, 0.29) is 0 Å². The van der Waals surface area contributed by atoms with Gasteiger partial charge in [0.2, 0.25) is 0 Å². The van der Waals surface area contributed by atoms with Gasteiger partial charge in [0.05, 0.1) is 13.0 Å². The molecule has 1 nitrogen and oxygen atoms in total. The number of nitriles is 1. The molecule has 0 saturated heterocycles. The molecule has 0 N–H and O–H groups in total. The monoisotopic (exact) mass is 180 g/mol. The molecule has 0 unspecified atom stereocenters. The summed E-state index contributed by atoms with van der Waals surface area (Å²) in [4.78, 5) is 0. The van der Waals surface area contributed by atoms with Crippen molar-refractivity contribution in [1.82, 2.24) is 0 Å². The molecule has 0 radical (unpaired) electrons. The highest BCUT2D eigenvalue weighted by Crippen LogP contribution is 2.18. The van der Waals surface area contributed by atoms with Gasteiger partial charge in [-0.1, -0.05) is 42.4 Å². The predicted molar refractivity (Wildman–Crippen MR) is 56.6 cm³/mol. The summed E-state index contributed by atoms with van der Waals surface area (Å²) in [5.41, 5.74) is 2.79. The lowest BCUT2D eigenvalue weighted by Crippen LogP contribution is -1.77. The van der Waals surface area contributed by atoms with Gasteiger partial charge in [-0.05, 0) is 23.3 Å². The van der Waals surface area contributed by atoms with E-state index in [0.29, 0.717) is 11.6 Å². The molecule has 0 aliphatic heterocycles. The van der Waals surface area contributed by atoms with Crippen molar-refractivity contribution >= 4 is 0 Å². The van der Waals surface area contributed by atoms with Crippen molar-refractivity contribution in [3.63, 3.8) is 0 Å². The molecular weight excluding hydrogens is 170 g/mol. The molecule has 0 fully saturated rings. The molecule has 2 aromatic carbocycles. The molecule has 0 aromatic heterocycles. The molecule has 14 heavy (non-hydrogen) atoms. The van der Waals surface area contributed by atoms with Crippen molar-refractivity contribution < 1.29 is 1.37 Å². The van der Waals surface area contributed by atoms with E-state index in [9.17, 15) is 0 Å². The van der Waals surface area contributed by atoms with Crippen molar-refractivity contribution in [3.05, 3.63) is 60.1 Å². The number of rotatable bonds is 1. The maximum atomic E-state index is 8.66. The summed E-state index contributed by atoms with van der Waals surface area (Å²) >= 11 is 0. The third-order valence-electron chi connectivity index (χ3n) is 2.07. The quantitative estimate of drug-likeness (QED) is 0.661. The summed E-state index contributed by atoms with van der Waals surface area (Å²) in [5.74, 6) is 0. The maximum Gasteiger partial charge on any atom is 0.0991 e. The highest BCUT2D eigenvalue weighted by atomic mass is 14.2. The average Bonchev–Trinajstić information content (AvgIpc) is 2.30. The molecule has 0 bridgehead atoms. The van der Waals surface area contributed by atoms with Gasteiger partial charge in [-0.3, -0.25) is 0 Å². The lowest BCUT2D eigenvalue weighted by molar-refractivity contribution is 1.48. The molecule has 0 amide bonds. The van der Waals surface area contributed by atoms with Crippen molar-refractivity contribution in [1.29, 1.82) is 5.26 Å². The molecule has 0 spiro atoms. The largest absolute Gasteiger partial charge is 0.192 e. The Morgan fingerprint density at radius 2 is 1.50 bits per heavy atom. The van der Waals surface area contributed by atoms with E-state index in [1.807, 2.05) is 24.3 Å². The SMILES string of the molecule is [2H]c1ccc(-c2ccc(C#N)cc2)cc1. The second-order valence-electron chi connectivity index (χ2n) is 2.98.